The highest BCUT2D eigenvalue weighted by Gasteiger charge is 2.27. The SMILES string of the molecule is C=C1C(C)=CC=C(P(C)(=O)O)C1C.O=C(O)c1ccc(-c2ccccc2)s1. The van der Waals surface area contributed by atoms with E-state index in [4.69, 9.17) is 5.11 Å². The largest absolute Gasteiger partial charge is 0.477 e. The summed E-state index contributed by atoms with van der Waals surface area (Å²) < 4.78 is 11.4. The van der Waals surface area contributed by atoms with E-state index >= 15 is 0 Å². The van der Waals surface area contributed by atoms with Crippen LogP contribution in [0.3, 0.4) is 0 Å². The van der Waals surface area contributed by atoms with Crippen LogP contribution in [0.1, 0.15) is 23.5 Å². The Kier molecular flexibility index (Phi) is 6.77. The second-order valence-corrected chi connectivity index (χ2v) is 9.76. The van der Waals surface area contributed by atoms with Gasteiger partial charge in [-0.05, 0) is 35.8 Å². The van der Waals surface area contributed by atoms with Crippen LogP contribution in [-0.2, 0) is 4.57 Å². The van der Waals surface area contributed by atoms with Gasteiger partial charge in [0.2, 0.25) is 7.37 Å². The van der Waals surface area contributed by atoms with Gasteiger partial charge in [-0.15, -0.1) is 11.3 Å². The number of hydrogen-bond donors (Lipinski definition) is 2. The number of carbonyl (C=O) groups is 1. The lowest BCUT2D eigenvalue weighted by Gasteiger charge is -2.24. The maximum atomic E-state index is 11.4. The number of rotatable bonds is 3. The van der Waals surface area contributed by atoms with E-state index in [-0.39, 0.29) is 5.92 Å². The molecule has 0 radical (unpaired) electrons. The summed E-state index contributed by atoms with van der Waals surface area (Å²) in [5.41, 5.74) is 3.09. The molecule has 6 heteroatoms. The molecule has 2 unspecified atom stereocenters. The number of aromatic carboxylic acids is 1. The maximum Gasteiger partial charge on any atom is 0.345 e. The predicted molar refractivity (Wildman–Crippen MR) is 113 cm³/mol. The zero-order valence-corrected chi connectivity index (χ0v) is 17.3. The first-order valence-corrected chi connectivity index (χ1v) is 11.3. The molecule has 2 atom stereocenters. The number of carboxylic acids is 1. The summed E-state index contributed by atoms with van der Waals surface area (Å²) in [5, 5.41) is 9.36. The highest BCUT2D eigenvalue weighted by atomic mass is 32.1. The molecule has 1 aliphatic carbocycles. The summed E-state index contributed by atoms with van der Waals surface area (Å²) in [5.74, 6) is -0.872. The number of allylic oxidation sites excluding steroid dienone is 5. The summed E-state index contributed by atoms with van der Waals surface area (Å²) in [6, 6.07) is 13.2. The molecule has 0 spiro atoms. The summed E-state index contributed by atoms with van der Waals surface area (Å²) in [6.45, 7) is 9.15. The van der Waals surface area contributed by atoms with Gasteiger partial charge in [-0.2, -0.15) is 0 Å². The van der Waals surface area contributed by atoms with Crippen molar-refractivity contribution in [3.8, 4) is 10.4 Å². The Balaban J connectivity index is 0.000000194. The van der Waals surface area contributed by atoms with Crippen molar-refractivity contribution in [2.45, 2.75) is 13.8 Å². The Morgan fingerprint density at radius 2 is 1.78 bits per heavy atom. The third-order valence-corrected chi connectivity index (χ3v) is 6.95. The van der Waals surface area contributed by atoms with Crippen molar-refractivity contribution >= 4 is 24.7 Å². The average molecular weight is 402 g/mol. The van der Waals surface area contributed by atoms with Crippen LogP contribution in [0.25, 0.3) is 10.4 Å². The summed E-state index contributed by atoms with van der Waals surface area (Å²) in [4.78, 5) is 21.5. The molecule has 2 N–H and O–H groups in total. The molecule has 1 aromatic heterocycles. The van der Waals surface area contributed by atoms with Gasteiger partial charge < -0.3 is 10.00 Å². The minimum Gasteiger partial charge on any atom is -0.477 e. The Labute approximate surface area is 163 Å². The highest BCUT2D eigenvalue weighted by Crippen LogP contribution is 2.52. The summed E-state index contributed by atoms with van der Waals surface area (Å²) >= 11 is 1.29. The molecule has 1 aromatic carbocycles. The highest BCUT2D eigenvalue weighted by molar-refractivity contribution is 7.61. The van der Waals surface area contributed by atoms with Gasteiger partial charge in [-0.3, -0.25) is 4.57 Å². The number of thiophene rings is 1. The normalized spacial score (nSPS) is 18.5. The molecule has 0 aliphatic heterocycles. The zero-order valence-electron chi connectivity index (χ0n) is 15.5. The topological polar surface area (TPSA) is 74.6 Å². The molecule has 0 fully saturated rings. The minimum atomic E-state index is -3.11. The van der Waals surface area contributed by atoms with Crippen molar-refractivity contribution < 1.29 is 19.4 Å². The van der Waals surface area contributed by atoms with Crippen LogP contribution in [0.2, 0.25) is 0 Å². The third kappa shape index (κ3) is 5.39. The molecule has 0 saturated carbocycles. The van der Waals surface area contributed by atoms with Crippen molar-refractivity contribution in [3.63, 3.8) is 0 Å². The van der Waals surface area contributed by atoms with Gasteiger partial charge in [0, 0.05) is 22.8 Å². The fourth-order valence-electron chi connectivity index (χ4n) is 2.69. The van der Waals surface area contributed by atoms with Gasteiger partial charge >= 0.3 is 5.97 Å². The molecule has 0 bridgehead atoms. The van der Waals surface area contributed by atoms with Gasteiger partial charge in [0.05, 0.1) is 0 Å². The Morgan fingerprint density at radius 3 is 2.30 bits per heavy atom. The number of hydrogen-bond acceptors (Lipinski definition) is 3. The van der Waals surface area contributed by atoms with Crippen molar-refractivity contribution in [2.75, 3.05) is 6.66 Å². The average Bonchev–Trinajstić information content (AvgIpc) is 3.10. The van der Waals surface area contributed by atoms with Gasteiger partial charge in [0.25, 0.3) is 0 Å². The van der Waals surface area contributed by atoms with Crippen LogP contribution in [0.15, 0.2) is 77.7 Å². The van der Waals surface area contributed by atoms with E-state index in [0.717, 1.165) is 21.6 Å². The first-order chi connectivity index (χ1) is 12.6. The molecule has 27 heavy (non-hydrogen) atoms. The van der Waals surface area contributed by atoms with E-state index in [0.29, 0.717) is 10.2 Å². The summed E-state index contributed by atoms with van der Waals surface area (Å²) in [6.07, 6.45) is 3.60. The maximum absolute atomic E-state index is 11.4. The zero-order chi connectivity index (χ0) is 20.2. The molecule has 3 rings (SSSR count). The first kappa shape index (κ1) is 21.1. The Hall–Kier alpha value is -2.20. The second kappa shape index (κ2) is 8.66. The molecule has 1 heterocycles. The summed E-state index contributed by atoms with van der Waals surface area (Å²) in [7, 11) is -3.11. The Morgan fingerprint density at radius 1 is 1.15 bits per heavy atom. The van der Waals surface area contributed by atoms with Crippen LogP contribution < -0.4 is 0 Å². The smallest absolute Gasteiger partial charge is 0.345 e. The Bertz CT molecular complexity index is 948. The van der Waals surface area contributed by atoms with E-state index in [9.17, 15) is 14.3 Å². The lowest BCUT2D eigenvalue weighted by atomic mass is 9.91. The predicted octanol–water partition coefficient (Wildman–Crippen LogP) is 6.04. The molecule has 2 aromatic rings. The van der Waals surface area contributed by atoms with Gasteiger partial charge in [-0.1, -0.05) is 56.0 Å². The van der Waals surface area contributed by atoms with Crippen molar-refractivity contribution in [1.29, 1.82) is 0 Å². The lowest BCUT2D eigenvalue weighted by molar-refractivity contribution is 0.0702. The molecule has 0 amide bonds. The quantitative estimate of drug-likeness (QED) is 0.614. The van der Waals surface area contributed by atoms with E-state index in [1.54, 1.807) is 12.1 Å². The minimum absolute atomic E-state index is 0.00849. The standard InChI is InChI=1S/C11H8O2S.C10H15O2P/c12-11(13)10-7-6-9(14-10)8-4-2-1-3-5-8;1-7-5-6-10(13(4,11)12)9(3)8(7)2/h1-7H,(H,12,13);5-6,9H,2H2,1,3-4H3,(H,11,12). The molecule has 142 valence electrons. The van der Waals surface area contributed by atoms with Gasteiger partial charge in [0.1, 0.15) is 4.88 Å². The fraction of sp³-hybridized carbons (Fsp3) is 0.190. The van der Waals surface area contributed by atoms with Crippen molar-refractivity contribution in [3.05, 3.63) is 82.5 Å². The number of carboxylic acid groups (broad SMARTS) is 1. The lowest BCUT2D eigenvalue weighted by Crippen LogP contribution is -2.07. The monoisotopic (exact) mass is 402 g/mol. The third-order valence-electron chi connectivity index (χ3n) is 4.33. The van der Waals surface area contributed by atoms with E-state index < -0.39 is 13.3 Å². The van der Waals surface area contributed by atoms with E-state index in [1.807, 2.05) is 56.3 Å². The van der Waals surface area contributed by atoms with Gasteiger partial charge in [-0.25, -0.2) is 4.79 Å². The second-order valence-electron chi connectivity index (χ2n) is 6.40. The van der Waals surface area contributed by atoms with Crippen molar-refractivity contribution in [2.24, 2.45) is 5.92 Å². The van der Waals surface area contributed by atoms with Crippen LogP contribution in [0, 0.1) is 5.92 Å². The number of benzene rings is 1. The van der Waals surface area contributed by atoms with E-state index in [2.05, 4.69) is 6.58 Å². The fourth-order valence-corrected chi connectivity index (χ4v) is 4.77. The first-order valence-electron chi connectivity index (χ1n) is 8.38. The molecule has 4 nitrogen and oxygen atoms in total. The van der Waals surface area contributed by atoms with Crippen molar-refractivity contribution in [1.82, 2.24) is 0 Å². The van der Waals surface area contributed by atoms with Crippen LogP contribution in [0.4, 0.5) is 0 Å². The molecular weight excluding hydrogens is 379 g/mol. The van der Waals surface area contributed by atoms with Crippen LogP contribution in [-0.4, -0.2) is 22.6 Å². The van der Waals surface area contributed by atoms with E-state index in [1.165, 1.54) is 18.0 Å². The van der Waals surface area contributed by atoms with Gasteiger partial charge in [0.15, 0.2) is 0 Å². The van der Waals surface area contributed by atoms with Crippen LogP contribution in [0.5, 0.6) is 0 Å². The molecule has 1 aliphatic rings. The molecular formula is C21H23O4PS. The van der Waals surface area contributed by atoms with Crippen LogP contribution >= 0.6 is 18.7 Å². The molecule has 0 saturated heterocycles.